The third-order valence-corrected chi connectivity index (χ3v) is 3.50. The molecule has 3 nitrogen and oxygen atoms in total. The number of hydrogen-bond donors (Lipinski definition) is 1. The van der Waals surface area contributed by atoms with Crippen molar-refractivity contribution in [1.82, 2.24) is 0 Å². The number of Topliss-reactive ketones (excluding diaryl/α,β-unsaturated/α-hetero) is 1. The number of fused-ring (bicyclic) bond motifs is 1. The lowest BCUT2D eigenvalue weighted by atomic mass is 9.86. The van der Waals surface area contributed by atoms with E-state index in [0.29, 0.717) is 6.42 Å². The van der Waals surface area contributed by atoms with Crippen LogP contribution in [0.5, 0.6) is 0 Å². The van der Waals surface area contributed by atoms with Gasteiger partial charge in [0.15, 0.2) is 5.78 Å². The molecule has 14 heavy (non-hydrogen) atoms. The Kier molecular flexibility index (Phi) is 2.37. The summed E-state index contributed by atoms with van der Waals surface area (Å²) in [7, 11) is 0. The van der Waals surface area contributed by atoms with E-state index in [1.165, 1.54) is 11.3 Å². The van der Waals surface area contributed by atoms with Crippen molar-refractivity contribution in [2.24, 2.45) is 5.92 Å². The van der Waals surface area contributed by atoms with Crippen LogP contribution in [0.1, 0.15) is 28.1 Å². The average molecular weight is 210 g/mol. The first-order valence-electron chi connectivity index (χ1n) is 4.51. The summed E-state index contributed by atoms with van der Waals surface area (Å²) in [6.45, 7) is 0. The summed E-state index contributed by atoms with van der Waals surface area (Å²) in [6, 6.07) is 1.95. The Morgan fingerprint density at radius 3 is 3.14 bits per heavy atom. The smallest absolute Gasteiger partial charge is 0.304 e. The maximum atomic E-state index is 11.8. The van der Waals surface area contributed by atoms with Gasteiger partial charge in [-0.25, -0.2) is 0 Å². The van der Waals surface area contributed by atoms with Crippen molar-refractivity contribution in [3.05, 3.63) is 21.9 Å². The largest absolute Gasteiger partial charge is 0.481 e. The number of aliphatic carboxylic acids is 1. The minimum absolute atomic E-state index is 0.0173. The molecular formula is C10H10O3S. The number of hydrogen-bond acceptors (Lipinski definition) is 3. The fraction of sp³-hybridized carbons (Fsp3) is 0.400. The average Bonchev–Trinajstić information content (AvgIpc) is 2.57. The highest BCUT2D eigenvalue weighted by Gasteiger charge is 2.29. The van der Waals surface area contributed by atoms with E-state index < -0.39 is 5.97 Å². The second-order valence-electron chi connectivity index (χ2n) is 3.47. The van der Waals surface area contributed by atoms with Gasteiger partial charge in [-0.3, -0.25) is 9.59 Å². The van der Waals surface area contributed by atoms with E-state index in [2.05, 4.69) is 0 Å². The molecule has 0 saturated carbocycles. The van der Waals surface area contributed by atoms with Crippen LogP contribution in [0.2, 0.25) is 0 Å². The van der Waals surface area contributed by atoms with Crippen molar-refractivity contribution < 1.29 is 14.7 Å². The van der Waals surface area contributed by atoms with Crippen LogP contribution in [0.25, 0.3) is 0 Å². The number of carbonyl (C=O) groups is 2. The van der Waals surface area contributed by atoms with Gasteiger partial charge in [0.05, 0.1) is 11.3 Å². The highest BCUT2D eigenvalue weighted by atomic mass is 32.1. The fourth-order valence-corrected chi connectivity index (χ4v) is 2.77. The van der Waals surface area contributed by atoms with Crippen molar-refractivity contribution in [3.63, 3.8) is 0 Å². The molecule has 1 heterocycles. The van der Waals surface area contributed by atoms with Gasteiger partial charge in [0, 0.05) is 5.92 Å². The molecule has 0 saturated heterocycles. The van der Waals surface area contributed by atoms with E-state index in [1.54, 1.807) is 0 Å². The lowest BCUT2D eigenvalue weighted by molar-refractivity contribution is -0.137. The van der Waals surface area contributed by atoms with E-state index in [1.807, 2.05) is 11.4 Å². The second kappa shape index (κ2) is 3.53. The molecule has 0 bridgehead atoms. The van der Waals surface area contributed by atoms with Gasteiger partial charge >= 0.3 is 5.97 Å². The highest BCUT2D eigenvalue weighted by Crippen LogP contribution is 2.30. The quantitative estimate of drug-likeness (QED) is 0.811. The normalized spacial score (nSPS) is 20.6. The summed E-state index contributed by atoms with van der Waals surface area (Å²) < 4.78 is 0. The molecule has 1 aliphatic carbocycles. The van der Waals surface area contributed by atoms with Crippen molar-refractivity contribution >= 4 is 23.1 Å². The Morgan fingerprint density at radius 1 is 1.64 bits per heavy atom. The zero-order valence-electron chi connectivity index (χ0n) is 7.53. The van der Waals surface area contributed by atoms with Crippen molar-refractivity contribution in [1.29, 1.82) is 0 Å². The first-order valence-corrected chi connectivity index (χ1v) is 5.39. The molecule has 1 unspecified atom stereocenters. The number of thiophene rings is 1. The molecule has 2 rings (SSSR count). The Bertz CT molecular complexity index is 380. The maximum Gasteiger partial charge on any atom is 0.304 e. The van der Waals surface area contributed by atoms with Gasteiger partial charge < -0.3 is 5.11 Å². The van der Waals surface area contributed by atoms with E-state index in [4.69, 9.17) is 5.11 Å². The molecule has 4 heteroatoms. The molecule has 74 valence electrons. The highest BCUT2D eigenvalue weighted by molar-refractivity contribution is 7.12. The molecule has 0 amide bonds. The summed E-state index contributed by atoms with van der Waals surface area (Å²) in [4.78, 5) is 23.0. The molecule has 1 aromatic heterocycles. The number of aryl methyl sites for hydroxylation is 1. The second-order valence-corrected chi connectivity index (χ2v) is 4.39. The number of carboxylic acid groups (broad SMARTS) is 1. The molecule has 0 fully saturated rings. The summed E-state index contributed by atoms with van der Waals surface area (Å²) in [5.41, 5.74) is 1.08. The predicted octanol–water partition coefficient (Wildman–Crippen LogP) is 1.97. The molecule has 1 aliphatic rings. The summed E-state index contributed by atoms with van der Waals surface area (Å²) in [6.07, 6.45) is 1.48. The Labute approximate surface area is 85.4 Å². The van der Waals surface area contributed by atoms with Crippen LogP contribution in [-0.4, -0.2) is 16.9 Å². The maximum absolute atomic E-state index is 11.8. The van der Waals surface area contributed by atoms with Gasteiger partial charge in [0.25, 0.3) is 0 Å². The zero-order valence-corrected chi connectivity index (χ0v) is 8.34. The zero-order chi connectivity index (χ0) is 10.1. The van der Waals surface area contributed by atoms with Crippen LogP contribution in [0.4, 0.5) is 0 Å². The molecule has 1 aromatic rings. The summed E-state index contributed by atoms with van der Waals surface area (Å²) in [5.74, 6) is -1.18. The van der Waals surface area contributed by atoms with Gasteiger partial charge in [-0.2, -0.15) is 0 Å². The molecule has 0 aromatic carbocycles. The number of carbonyl (C=O) groups excluding carboxylic acids is 1. The number of carboxylic acids is 1. The van der Waals surface area contributed by atoms with Gasteiger partial charge in [-0.1, -0.05) is 0 Å². The van der Waals surface area contributed by atoms with Gasteiger partial charge in [0.2, 0.25) is 0 Å². The van der Waals surface area contributed by atoms with Gasteiger partial charge in [-0.15, -0.1) is 11.3 Å². The van der Waals surface area contributed by atoms with Crippen LogP contribution in [0, 0.1) is 5.92 Å². The molecule has 0 spiro atoms. The van der Waals surface area contributed by atoms with E-state index in [-0.39, 0.29) is 18.1 Å². The Morgan fingerprint density at radius 2 is 2.43 bits per heavy atom. The van der Waals surface area contributed by atoms with E-state index >= 15 is 0 Å². The first kappa shape index (κ1) is 9.40. The Balaban J connectivity index is 2.21. The minimum Gasteiger partial charge on any atom is -0.481 e. The van der Waals surface area contributed by atoms with Crippen LogP contribution in [0.3, 0.4) is 0 Å². The lowest BCUT2D eigenvalue weighted by Gasteiger charge is -2.18. The minimum atomic E-state index is -0.886. The van der Waals surface area contributed by atoms with Crippen molar-refractivity contribution in [2.45, 2.75) is 19.3 Å². The van der Waals surface area contributed by atoms with Gasteiger partial charge in [-0.05, 0) is 29.9 Å². The van der Waals surface area contributed by atoms with Gasteiger partial charge in [0.1, 0.15) is 0 Å². The van der Waals surface area contributed by atoms with Crippen LogP contribution in [-0.2, 0) is 11.2 Å². The monoisotopic (exact) mass is 210 g/mol. The SMILES string of the molecule is O=C(O)CC1CCc2ccsc2C1=O. The summed E-state index contributed by atoms with van der Waals surface area (Å²) >= 11 is 1.42. The standard InChI is InChI=1S/C10H10O3S/c11-8(12)5-7-2-1-6-3-4-14-10(6)9(7)13/h3-4,7H,1-2,5H2,(H,11,12). The third kappa shape index (κ3) is 1.57. The predicted molar refractivity (Wildman–Crippen MR) is 52.7 cm³/mol. The van der Waals surface area contributed by atoms with E-state index in [9.17, 15) is 9.59 Å². The lowest BCUT2D eigenvalue weighted by Crippen LogP contribution is -2.23. The Hall–Kier alpha value is -1.16. The third-order valence-electron chi connectivity index (χ3n) is 2.52. The number of ketones is 1. The molecule has 1 atom stereocenters. The topological polar surface area (TPSA) is 54.4 Å². The molecule has 1 N–H and O–H groups in total. The first-order chi connectivity index (χ1) is 6.68. The summed E-state index contributed by atoms with van der Waals surface area (Å²) in [5, 5.41) is 10.5. The van der Waals surface area contributed by atoms with Crippen LogP contribution < -0.4 is 0 Å². The van der Waals surface area contributed by atoms with E-state index in [0.717, 1.165) is 16.9 Å². The molecule has 0 radical (unpaired) electrons. The van der Waals surface area contributed by atoms with Crippen LogP contribution >= 0.6 is 11.3 Å². The van der Waals surface area contributed by atoms with Crippen molar-refractivity contribution in [2.75, 3.05) is 0 Å². The fourth-order valence-electron chi connectivity index (χ4n) is 1.80. The molecule has 0 aliphatic heterocycles. The number of rotatable bonds is 2. The molecular weight excluding hydrogens is 200 g/mol. The van der Waals surface area contributed by atoms with Crippen molar-refractivity contribution in [3.8, 4) is 0 Å². The van der Waals surface area contributed by atoms with Crippen LogP contribution in [0.15, 0.2) is 11.4 Å².